The molecule has 0 radical (unpaired) electrons. The summed E-state index contributed by atoms with van der Waals surface area (Å²) in [4.78, 5) is 16.3. The van der Waals surface area contributed by atoms with Crippen molar-refractivity contribution in [1.82, 2.24) is 24.5 Å². The van der Waals surface area contributed by atoms with Crippen LogP contribution in [0.15, 0.2) is 30.6 Å². The van der Waals surface area contributed by atoms with Crippen LogP contribution in [0.5, 0.6) is 0 Å². The lowest BCUT2D eigenvalue weighted by Crippen LogP contribution is -2.17. The van der Waals surface area contributed by atoms with Crippen LogP contribution in [0, 0.1) is 0 Å². The Kier molecular flexibility index (Phi) is 5.94. The molecule has 1 N–H and O–H groups in total. The van der Waals surface area contributed by atoms with Crippen molar-refractivity contribution >= 4 is 35.1 Å². The van der Waals surface area contributed by atoms with Gasteiger partial charge in [-0.15, -0.1) is 5.10 Å². The Morgan fingerprint density at radius 3 is 2.65 bits per heavy atom. The number of hydrogen-bond donors (Lipinski definition) is 1. The number of nitrogens with one attached hydrogen (secondary N) is 1. The summed E-state index contributed by atoms with van der Waals surface area (Å²) >= 11 is 12.0. The van der Waals surface area contributed by atoms with Crippen molar-refractivity contribution in [1.29, 1.82) is 0 Å². The molecular formula is C19H17Cl2F3N6O. The monoisotopic (exact) mass is 472 g/mol. The van der Waals surface area contributed by atoms with Crippen LogP contribution in [-0.2, 0) is 24.1 Å². The summed E-state index contributed by atoms with van der Waals surface area (Å²) in [5.74, 6) is -0.259. The van der Waals surface area contributed by atoms with Crippen LogP contribution >= 0.6 is 23.2 Å². The number of aromatic nitrogens is 5. The Balaban J connectivity index is 1.35. The van der Waals surface area contributed by atoms with Crippen LogP contribution < -0.4 is 5.32 Å². The molecule has 0 saturated heterocycles. The number of benzene rings is 1. The van der Waals surface area contributed by atoms with Crippen LogP contribution in [0.3, 0.4) is 0 Å². The van der Waals surface area contributed by atoms with Crippen molar-refractivity contribution < 1.29 is 18.0 Å². The zero-order chi connectivity index (χ0) is 22.2. The van der Waals surface area contributed by atoms with E-state index in [2.05, 4.69) is 20.5 Å². The van der Waals surface area contributed by atoms with Gasteiger partial charge in [-0.25, -0.2) is 9.67 Å². The van der Waals surface area contributed by atoms with Gasteiger partial charge in [-0.1, -0.05) is 29.3 Å². The summed E-state index contributed by atoms with van der Waals surface area (Å²) in [6.07, 6.45) is -1.48. The van der Waals surface area contributed by atoms with Gasteiger partial charge in [-0.2, -0.15) is 18.3 Å². The molecular weight excluding hydrogens is 456 g/mol. The number of alkyl halides is 3. The minimum Gasteiger partial charge on any atom is -0.293 e. The predicted octanol–water partition coefficient (Wildman–Crippen LogP) is 4.75. The molecule has 3 aromatic rings. The van der Waals surface area contributed by atoms with E-state index in [4.69, 9.17) is 23.2 Å². The molecule has 1 saturated carbocycles. The molecule has 12 heteroatoms. The largest absolute Gasteiger partial charge is 0.435 e. The third-order valence-corrected chi connectivity index (χ3v) is 5.37. The van der Waals surface area contributed by atoms with E-state index in [9.17, 15) is 18.0 Å². The fourth-order valence-electron chi connectivity index (χ4n) is 3.10. The van der Waals surface area contributed by atoms with Crippen LogP contribution in [0.25, 0.3) is 0 Å². The van der Waals surface area contributed by atoms with E-state index < -0.39 is 17.8 Å². The number of carbonyl (C=O) groups is 1. The third-order valence-electron chi connectivity index (χ3n) is 4.78. The van der Waals surface area contributed by atoms with Crippen molar-refractivity contribution in [3.05, 3.63) is 57.6 Å². The van der Waals surface area contributed by atoms with Crippen molar-refractivity contribution in [2.45, 2.75) is 44.4 Å². The predicted molar refractivity (Wildman–Crippen MR) is 108 cm³/mol. The third kappa shape index (κ3) is 5.37. The smallest absolute Gasteiger partial charge is 0.293 e. The lowest BCUT2D eigenvalue weighted by Gasteiger charge is -2.06. The molecule has 1 amide bonds. The minimum absolute atomic E-state index is 0.0365. The van der Waals surface area contributed by atoms with E-state index in [1.54, 1.807) is 18.2 Å². The number of hydrogen-bond acceptors (Lipinski definition) is 4. The second-order valence-corrected chi connectivity index (χ2v) is 8.09. The second-order valence-electron chi connectivity index (χ2n) is 7.25. The Hall–Kier alpha value is -2.59. The fraction of sp³-hybridized carbons (Fsp3) is 0.368. The number of amides is 1. The van der Waals surface area contributed by atoms with Gasteiger partial charge in [0.05, 0.1) is 13.1 Å². The SMILES string of the molecule is O=C(CCn1nc(C(F)(F)F)cc1C1CC1)Nc1ncn(Cc2ccc(Cl)cc2Cl)n1. The van der Waals surface area contributed by atoms with Gasteiger partial charge in [-0.3, -0.25) is 14.8 Å². The molecule has 2 heterocycles. The molecule has 1 fully saturated rings. The van der Waals surface area contributed by atoms with Gasteiger partial charge in [0.1, 0.15) is 6.33 Å². The molecule has 0 atom stereocenters. The summed E-state index contributed by atoms with van der Waals surface area (Å²) in [6.45, 7) is 0.367. The molecule has 164 valence electrons. The summed E-state index contributed by atoms with van der Waals surface area (Å²) in [7, 11) is 0. The number of anilines is 1. The molecule has 4 rings (SSSR count). The van der Waals surface area contributed by atoms with Crippen LogP contribution in [0.4, 0.5) is 19.1 Å². The fourth-order valence-corrected chi connectivity index (χ4v) is 3.57. The standard InChI is InChI=1S/C19H17Cl2F3N6O/c20-13-4-3-12(14(21)7-13)9-29-10-25-18(28-29)26-17(31)5-6-30-15(11-1-2-11)8-16(27-30)19(22,23)24/h3-4,7-8,10-11H,1-2,5-6,9H2,(H,26,28,31). The average Bonchev–Trinajstić information content (AvgIpc) is 3.28. The molecule has 1 aromatic carbocycles. The minimum atomic E-state index is -4.51. The molecule has 2 aromatic heterocycles. The van der Waals surface area contributed by atoms with Gasteiger partial charge in [0.15, 0.2) is 5.69 Å². The topological polar surface area (TPSA) is 77.6 Å². The highest BCUT2D eigenvalue weighted by Crippen LogP contribution is 2.42. The first-order valence-electron chi connectivity index (χ1n) is 9.47. The quantitative estimate of drug-likeness (QED) is 0.537. The normalized spacial score (nSPS) is 14.1. The molecule has 0 unspecified atom stereocenters. The maximum atomic E-state index is 13.0. The zero-order valence-corrected chi connectivity index (χ0v) is 17.5. The van der Waals surface area contributed by atoms with Gasteiger partial charge < -0.3 is 0 Å². The van der Waals surface area contributed by atoms with Crippen LogP contribution in [0.2, 0.25) is 10.0 Å². The van der Waals surface area contributed by atoms with E-state index in [1.807, 2.05) is 0 Å². The molecule has 0 bridgehead atoms. The maximum Gasteiger partial charge on any atom is 0.435 e. The van der Waals surface area contributed by atoms with Gasteiger partial charge in [0.25, 0.3) is 0 Å². The Morgan fingerprint density at radius 2 is 1.97 bits per heavy atom. The molecule has 0 spiro atoms. The summed E-state index contributed by atoms with van der Waals surface area (Å²) < 4.78 is 41.7. The van der Waals surface area contributed by atoms with E-state index >= 15 is 0 Å². The zero-order valence-electron chi connectivity index (χ0n) is 16.0. The van der Waals surface area contributed by atoms with Gasteiger partial charge >= 0.3 is 6.18 Å². The maximum absolute atomic E-state index is 13.0. The summed E-state index contributed by atoms with van der Waals surface area (Å²) in [6, 6.07) is 6.16. The number of carbonyl (C=O) groups excluding carboxylic acids is 1. The highest BCUT2D eigenvalue weighted by molar-refractivity contribution is 6.35. The number of nitrogens with zero attached hydrogens (tertiary/aromatic N) is 5. The summed E-state index contributed by atoms with van der Waals surface area (Å²) in [5.41, 5.74) is 0.360. The number of rotatable bonds is 7. The van der Waals surface area contributed by atoms with Crippen molar-refractivity contribution in [2.24, 2.45) is 0 Å². The Morgan fingerprint density at radius 1 is 1.19 bits per heavy atom. The average molecular weight is 473 g/mol. The van der Waals surface area contributed by atoms with Crippen LogP contribution in [-0.4, -0.2) is 30.5 Å². The first-order chi connectivity index (χ1) is 14.7. The highest BCUT2D eigenvalue weighted by atomic mass is 35.5. The Labute approximate surface area is 185 Å². The molecule has 0 aliphatic heterocycles. The van der Waals surface area contributed by atoms with Crippen molar-refractivity contribution in [3.63, 3.8) is 0 Å². The molecule has 1 aliphatic carbocycles. The van der Waals surface area contributed by atoms with Gasteiger partial charge in [0, 0.05) is 28.1 Å². The second kappa shape index (κ2) is 8.51. The van der Waals surface area contributed by atoms with Crippen LogP contribution in [0.1, 0.15) is 42.1 Å². The lowest BCUT2D eigenvalue weighted by molar-refractivity contribution is -0.141. The van der Waals surface area contributed by atoms with Gasteiger partial charge in [0.2, 0.25) is 11.9 Å². The van der Waals surface area contributed by atoms with E-state index in [-0.39, 0.29) is 24.8 Å². The van der Waals surface area contributed by atoms with E-state index in [0.717, 1.165) is 24.5 Å². The molecule has 31 heavy (non-hydrogen) atoms. The molecule has 7 nitrogen and oxygen atoms in total. The first kappa shape index (κ1) is 21.6. The lowest BCUT2D eigenvalue weighted by atomic mass is 10.2. The summed E-state index contributed by atoms with van der Waals surface area (Å²) in [5, 5.41) is 11.4. The molecule has 1 aliphatic rings. The number of halogens is 5. The Bertz CT molecular complexity index is 1110. The van der Waals surface area contributed by atoms with Crippen molar-refractivity contribution in [3.8, 4) is 0 Å². The first-order valence-corrected chi connectivity index (χ1v) is 10.2. The van der Waals surface area contributed by atoms with Gasteiger partial charge in [-0.05, 0) is 36.6 Å². The van der Waals surface area contributed by atoms with E-state index in [1.165, 1.54) is 15.7 Å². The van der Waals surface area contributed by atoms with E-state index in [0.29, 0.717) is 22.3 Å². The van der Waals surface area contributed by atoms with Crippen molar-refractivity contribution in [2.75, 3.05) is 5.32 Å². The highest BCUT2D eigenvalue weighted by Gasteiger charge is 2.37. The number of aryl methyl sites for hydroxylation is 1.